The zero-order valence-corrected chi connectivity index (χ0v) is 13.3. The standard InChI is InChI=1S/C14H11Br2FO2/c1-18-13-4-2-9(6-11(13)15)8-19-14-5-3-10(17)7-12(14)16/h2-7H,8H2,1H3. The Balaban J connectivity index is 2.08. The lowest BCUT2D eigenvalue weighted by atomic mass is 10.2. The second-order valence-corrected chi connectivity index (χ2v) is 5.54. The minimum Gasteiger partial charge on any atom is -0.496 e. The van der Waals surface area contributed by atoms with Crippen molar-refractivity contribution in [1.29, 1.82) is 0 Å². The Bertz CT molecular complexity index is 588. The fraction of sp³-hybridized carbons (Fsp3) is 0.143. The monoisotopic (exact) mass is 388 g/mol. The topological polar surface area (TPSA) is 18.5 Å². The second kappa shape index (κ2) is 6.39. The first-order valence-electron chi connectivity index (χ1n) is 5.50. The lowest BCUT2D eigenvalue weighted by Gasteiger charge is -2.10. The molecular formula is C14H11Br2FO2. The van der Waals surface area contributed by atoms with Gasteiger partial charge in [0.15, 0.2) is 0 Å². The molecule has 0 aliphatic rings. The molecule has 2 rings (SSSR count). The molecule has 5 heteroatoms. The van der Waals surface area contributed by atoms with Crippen LogP contribution in [0.4, 0.5) is 4.39 Å². The molecule has 2 aromatic carbocycles. The van der Waals surface area contributed by atoms with E-state index < -0.39 is 0 Å². The molecule has 0 unspecified atom stereocenters. The first-order chi connectivity index (χ1) is 9.10. The van der Waals surface area contributed by atoms with Crippen LogP contribution in [0.3, 0.4) is 0 Å². The van der Waals surface area contributed by atoms with Crippen LogP contribution < -0.4 is 9.47 Å². The Morgan fingerprint density at radius 1 is 1.00 bits per heavy atom. The molecule has 0 N–H and O–H groups in total. The van der Waals surface area contributed by atoms with E-state index in [4.69, 9.17) is 9.47 Å². The molecule has 0 radical (unpaired) electrons. The Labute approximate surface area is 127 Å². The van der Waals surface area contributed by atoms with E-state index in [1.165, 1.54) is 12.1 Å². The normalized spacial score (nSPS) is 10.3. The van der Waals surface area contributed by atoms with Crippen LogP contribution in [-0.4, -0.2) is 7.11 Å². The van der Waals surface area contributed by atoms with Crippen LogP contribution in [0.1, 0.15) is 5.56 Å². The molecule has 0 aromatic heterocycles. The summed E-state index contributed by atoms with van der Waals surface area (Å²) < 4.78 is 25.2. The molecule has 0 fully saturated rings. The maximum atomic E-state index is 12.9. The molecule has 0 saturated carbocycles. The van der Waals surface area contributed by atoms with Crippen molar-refractivity contribution in [2.45, 2.75) is 6.61 Å². The van der Waals surface area contributed by atoms with Crippen LogP contribution >= 0.6 is 31.9 Å². The highest BCUT2D eigenvalue weighted by molar-refractivity contribution is 9.10. The summed E-state index contributed by atoms with van der Waals surface area (Å²) in [5, 5.41) is 0. The highest BCUT2D eigenvalue weighted by Gasteiger charge is 2.05. The second-order valence-electron chi connectivity index (χ2n) is 3.83. The average Bonchev–Trinajstić information content (AvgIpc) is 2.38. The lowest BCUT2D eigenvalue weighted by Crippen LogP contribution is -1.97. The third-order valence-corrected chi connectivity index (χ3v) is 3.74. The Kier molecular flexibility index (Phi) is 4.82. The van der Waals surface area contributed by atoms with Gasteiger partial charge in [0.2, 0.25) is 0 Å². The fourth-order valence-electron chi connectivity index (χ4n) is 1.55. The maximum absolute atomic E-state index is 12.9. The van der Waals surface area contributed by atoms with E-state index in [0.29, 0.717) is 16.8 Å². The molecule has 0 aliphatic heterocycles. The number of rotatable bonds is 4. The highest BCUT2D eigenvalue weighted by Crippen LogP contribution is 2.28. The summed E-state index contributed by atoms with van der Waals surface area (Å²) in [4.78, 5) is 0. The SMILES string of the molecule is COc1ccc(COc2ccc(F)cc2Br)cc1Br. The van der Waals surface area contributed by atoms with Crippen molar-refractivity contribution in [2.75, 3.05) is 7.11 Å². The molecule has 2 nitrogen and oxygen atoms in total. The maximum Gasteiger partial charge on any atom is 0.134 e. The minimum atomic E-state index is -0.300. The van der Waals surface area contributed by atoms with E-state index >= 15 is 0 Å². The van der Waals surface area contributed by atoms with Crippen LogP contribution in [0.25, 0.3) is 0 Å². The van der Waals surface area contributed by atoms with Crippen molar-refractivity contribution in [3.63, 3.8) is 0 Å². The van der Waals surface area contributed by atoms with Gasteiger partial charge >= 0.3 is 0 Å². The van der Waals surface area contributed by atoms with Gasteiger partial charge in [-0.2, -0.15) is 0 Å². The number of hydrogen-bond acceptors (Lipinski definition) is 2. The molecule has 19 heavy (non-hydrogen) atoms. The Hall–Kier alpha value is -1.07. The van der Waals surface area contributed by atoms with E-state index in [0.717, 1.165) is 15.8 Å². The summed E-state index contributed by atoms with van der Waals surface area (Å²) in [5.74, 6) is 1.08. The zero-order valence-electron chi connectivity index (χ0n) is 10.1. The molecular weight excluding hydrogens is 379 g/mol. The van der Waals surface area contributed by atoms with Gasteiger partial charge in [-0.05, 0) is 67.8 Å². The van der Waals surface area contributed by atoms with E-state index in [-0.39, 0.29) is 5.82 Å². The molecule has 0 amide bonds. The molecule has 2 aromatic rings. The van der Waals surface area contributed by atoms with Crippen molar-refractivity contribution in [3.05, 3.63) is 56.7 Å². The number of ether oxygens (including phenoxy) is 2. The number of halogens is 3. The van der Waals surface area contributed by atoms with Gasteiger partial charge in [0, 0.05) is 0 Å². The van der Waals surface area contributed by atoms with Gasteiger partial charge in [0.05, 0.1) is 16.1 Å². The third-order valence-electron chi connectivity index (χ3n) is 2.50. The zero-order chi connectivity index (χ0) is 13.8. The summed E-state index contributed by atoms with van der Waals surface area (Å²) in [5.41, 5.74) is 0.990. The van der Waals surface area contributed by atoms with Gasteiger partial charge in [-0.1, -0.05) is 6.07 Å². The Morgan fingerprint density at radius 3 is 2.32 bits per heavy atom. The van der Waals surface area contributed by atoms with Gasteiger partial charge < -0.3 is 9.47 Å². The van der Waals surface area contributed by atoms with Crippen molar-refractivity contribution in [3.8, 4) is 11.5 Å². The molecule has 0 aliphatic carbocycles. The highest BCUT2D eigenvalue weighted by atomic mass is 79.9. The summed E-state index contributed by atoms with van der Waals surface area (Å²) in [6.45, 7) is 0.396. The van der Waals surface area contributed by atoms with E-state index in [2.05, 4.69) is 31.9 Å². The number of benzene rings is 2. The van der Waals surface area contributed by atoms with E-state index in [9.17, 15) is 4.39 Å². The molecule has 100 valence electrons. The molecule has 0 saturated heterocycles. The first kappa shape index (κ1) is 14.3. The van der Waals surface area contributed by atoms with Gasteiger partial charge in [0.1, 0.15) is 23.9 Å². The van der Waals surface area contributed by atoms with Crippen LogP contribution in [-0.2, 0) is 6.61 Å². The van der Waals surface area contributed by atoms with Crippen LogP contribution in [0.15, 0.2) is 45.3 Å². The van der Waals surface area contributed by atoms with Crippen molar-refractivity contribution in [2.24, 2.45) is 0 Å². The van der Waals surface area contributed by atoms with Gasteiger partial charge in [0.25, 0.3) is 0 Å². The van der Waals surface area contributed by atoms with Crippen molar-refractivity contribution >= 4 is 31.9 Å². The fourth-order valence-corrected chi connectivity index (χ4v) is 2.61. The van der Waals surface area contributed by atoms with Crippen molar-refractivity contribution in [1.82, 2.24) is 0 Å². The van der Waals surface area contributed by atoms with E-state index in [1.807, 2.05) is 18.2 Å². The smallest absolute Gasteiger partial charge is 0.134 e. The molecule has 0 heterocycles. The van der Waals surface area contributed by atoms with Crippen LogP contribution in [0.2, 0.25) is 0 Å². The molecule has 0 bridgehead atoms. The predicted octanol–water partition coefficient (Wildman–Crippen LogP) is 4.94. The van der Waals surface area contributed by atoms with Gasteiger partial charge in [-0.25, -0.2) is 4.39 Å². The number of hydrogen-bond donors (Lipinski definition) is 0. The van der Waals surface area contributed by atoms with Gasteiger partial charge in [-0.3, -0.25) is 0 Å². The summed E-state index contributed by atoms with van der Waals surface area (Å²) in [6.07, 6.45) is 0. The van der Waals surface area contributed by atoms with Gasteiger partial charge in [-0.15, -0.1) is 0 Å². The summed E-state index contributed by atoms with van der Waals surface area (Å²) >= 11 is 6.68. The first-order valence-corrected chi connectivity index (χ1v) is 7.09. The quantitative estimate of drug-likeness (QED) is 0.737. The lowest BCUT2D eigenvalue weighted by molar-refractivity contribution is 0.303. The molecule has 0 spiro atoms. The van der Waals surface area contributed by atoms with E-state index in [1.54, 1.807) is 13.2 Å². The predicted molar refractivity (Wildman–Crippen MR) is 79.1 cm³/mol. The largest absolute Gasteiger partial charge is 0.496 e. The number of methoxy groups -OCH3 is 1. The summed E-state index contributed by atoms with van der Waals surface area (Å²) in [6, 6.07) is 10.0. The van der Waals surface area contributed by atoms with Crippen molar-refractivity contribution < 1.29 is 13.9 Å². The minimum absolute atomic E-state index is 0.300. The van der Waals surface area contributed by atoms with Crippen LogP contribution in [0, 0.1) is 5.82 Å². The Morgan fingerprint density at radius 2 is 1.68 bits per heavy atom. The summed E-state index contributed by atoms with van der Waals surface area (Å²) in [7, 11) is 1.62. The van der Waals surface area contributed by atoms with Crippen LogP contribution in [0.5, 0.6) is 11.5 Å². The third kappa shape index (κ3) is 3.70. The average molecular weight is 390 g/mol. The molecule has 0 atom stereocenters.